The van der Waals surface area contributed by atoms with E-state index in [0.717, 1.165) is 19.4 Å². The fourth-order valence-corrected chi connectivity index (χ4v) is 1.90. The van der Waals surface area contributed by atoms with Crippen LogP contribution >= 0.6 is 11.6 Å². The minimum atomic E-state index is -0.180. The summed E-state index contributed by atoms with van der Waals surface area (Å²) in [5.74, 6) is -0.180. The molecule has 2 rings (SSSR count). The lowest BCUT2D eigenvalue weighted by atomic mass is 10.2. The number of aryl methyl sites for hydroxylation is 1. The van der Waals surface area contributed by atoms with E-state index < -0.39 is 0 Å². The third kappa shape index (κ3) is 4.06. The first-order chi connectivity index (χ1) is 9.27. The molecule has 1 N–H and O–H groups in total. The predicted molar refractivity (Wildman–Crippen MR) is 73.0 cm³/mol. The summed E-state index contributed by atoms with van der Waals surface area (Å²) in [5.41, 5.74) is 0.416. The highest BCUT2D eigenvalue weighted by Crippen LogP contribution is 2.10. The molecule has 0 unspecified atom stereocenters. The standard InChI is InChI=1S/C13H15ClN4O/c14-12-11(4-3-6-16-12)13(19)17-5-1-2-8-18-9-7-15-10-18/h3-4,6-7,9-10H,1-2,5,8H2,(H,17,19). The zero-order valence-electron chi connectivity index (χ0n) is 10.4. The molecule has 0 atom stereocenters. The average Bonchev–Trinajstić information content (AvgIpc) is 2.92. The molecule has 5 nitrogen and oxygen atoms in total. The Balaban J connectivity index is 1.68. The first kappa shape index (κ1) is 13.5. The first-order valence-corrected chi connectivity index (χ1v) is 6.49. The molecule has 0 fully saturated rings. The van der Waals surface area contributed by atoms with Crippen LogP contribution in [0.4, 0.5) is 0 Å². The van der Waals surface area contributed by atoms with E-state index in [2.05, 4.69) is 15.3 Å². The number of amides is 1. The summed E-state index contributed by atoms with van der Waals surface area (Å²) in [4.78, 5) is 19.6. The van der Waals surface area contributed by atoms with Gasteiger partial charge < -0.3 is 9.88 Å². The van der Waals surface area contributed by atoms with Gasteiger partial charge in [-0.25, -0.2) is 9.97 Å². The molecule has 19 heavy (non-hydrogen) atoms. The van der Waals surface area contributed by atoms with Crippen molar-refractivity contribution in [2.45, 2.75) is 19.4 Å². The molecule has 0 saturated heterocycles. The van der Waals surface area contributed by atoms with E-state index in [9.17, 15) is 4.79 Å². The fraction of sp³-hybridized carbons (Fsp3) is 0.308. The Kier molecular flexibility index (Phi) is 4.92. The number of nitrogens with one attached hydrogen (secondary N) is 1. The summed E-state index contributed by atoms with van der Waals surface area (Å²) in [6.45, 7) is 1.53. The Morgan fingerprint density at radius 3 is 3.00 bits per heavy atom. The number of unbranched alkanes of at least 4 members (excludes halogenated alkanes) is 1. The summed E-state index contributed by atoms with van der Waals surface area (Å²) in [5, 5.41) is 3.07. The largest absolute Gasteiger partial charge is 0.352 e. The van der Waals surface area contributed by atoms with Crippen molar-refractivity contribution in [1.29, 1.82) is 0 Å². The minimum Gasteiger partial charge on any atom is -0.352 e. The molecule has 0 bridgehead atoms. The van der Waals surface area contributed by atoms with Gasteiger partial charge in [-0.15, -0.1) is 0 Å². The molecule has 0 aliphatic heterocycles. The van der Waals surface area contributed by atoms with E-state index in [1.54, 1.807) is 30.9 Å². The predicted octanol–water partition coefficient (Wildman–Crippen LogP) is 2.14. The number of hydrogen-bond acceptors (Lipinski definition) is 3. The Bertz CT molecular complexity index is 527. The van der Waals surface area contributed by atoms with Gasteiger partial charge in [-0.2, -0.15) is 0 Å². The number of imidazole rings is 1. The first-order valence-electron chi connectivity index (χ1n) is 6.12. The lowest BCUT2D eigenvalue weighted by molar-refractivity contribution is 0.0952. The molecule has 0 saturated carbocycles. The number of nitrogens with zero attached hydrogens (tertiary/aromatic N) is 3. The van der Waals surface area contributed by atoms with Crippen LogP contribution in [0.25, 0.3) is 0 Å². The van der Waals surface area contributed by atoms with Gasteiger partial charge in [0.1, 0.15) is 5.15 Å². The maximum Gasteiger partial charge on any atom is 0.254 e. The highest BCUT2D eigenvalue weighted by molar-refractivity contribution is 6.32. The summed E-state index contributed by atoms with van der Waals surface area (Å²) in [6, 6.07) is 3.36. The van der Waals surface area contributed by atoms with Crippen LogP contribution in [0, 0.1) is 0 Å². The van der Waals surface area contributed by atoms with Gasteiger partial charge in [0.25, 0.3) is 5.91 Å². The van der Waals surface area contributed by atoms with Gasteiger partial charge >= 0.3 is 0 Å². The van der Waals surface area contributed by atoms with Crippen LogP contribution in [0.2, 0.25) is 5.15 Å². The topological polar surface area (TPSA) is 59.8 Å². The maximum atomic E-state index is 11.8. The molecule has 0 aromatic carbocycles. The van der Waals surface area contributed by atoms with Crippen LogP contribution in [-0.2, 0) is 6.54 Å². The van der Waals surface area contributed by atoms with Gasteiger partial charge in [0.05, 0.1) is 11.9 Å². The van der Waals surface area contributed by atoms with Gasteiger partial charge in [0.15, 0.2) is 0 Å². The SMILES string of the molecule is O=C(NCCCCn1ccnc1)c1cccnc1Cl. The van der Waals surface area contributed by atoms with Crippen molar-refractivity contribution in [3.63, 3.8) is 0 Å². The van der Waals surface area contributed by atoms with E-state index in [4.69, 9.17) is 11.6 Å². The summed E-state index contributed by atoms with van der Waals surface area (Å²) in [6.07, 6.45) is 8.91. The summed E-state index contributed by atoms with van der Waals surface area (Å²) >= 11 is 5.84. The van der Waals surface area contributed by atoms with Gasteiger partial charge in [0.2, 0.25) is 0 Å². The molecule has 2 aromatic rings. The highest BCUT2D eigenvalue weighted by atomic mass is 35.5. The van der Waals surface area contributed by atoms with E-state index in [1.807, 2.05) is 10.8 Å². The normalized spacial score (nSPS) is 10.4. The second-order valence-corrected chi connectivity index (χ2v) is 4.46. The van der Waals surface area contributed by atoms with Crippen molar-refractivity contribution in [3.8, 4) is 0 Å². The summed E-state index contributed by atoms with van der Waals surface area (Å²) in [7, 11) is 0. The Hall–Kier alpha value is -1.88. The highest BCUT2D eigenvalue weighted by Gasteiger charge is 2.09. The quantitative estimate of drug-likeness (QED) is 0.650. The molecule has 0 radical (unpaired) electrons. The van der Waals surface area contributed by atoms with Gasteiger partial charge in [-0.1, -0.05) is 11.6 Å². The molecule has 6 heteroatoms. The summed E-state index contributed by atoms with van der Waals surface area (Å²) < 4.78 is 2.01. The number of carbonyl (C=O) groups excluding carboxylic acids is 1. The smallest absolute Gasteiger partial charge is 0.254 e. The van der Waals surface area contributed by atoms with Crippen molar-refractivity contribution in [2.75, 3.05) is 6.54 Å². The molecule has 2 aromatic heterocycles. The number of carbonyl (C=O) groups is 1. The van der Waals surface area contributed by atoms with Crippen molar-refractivity contribution < 1.29 is 4.79 Å². The molecule has 0 aliphatic carbocycles. The lowest BCUT2D eigenvalue weighted by Crippen LogP contribution is -2.25. The van der Waals surface area contributed by atoms with E-state index in [1.165, 1.54) is 0 Å². The van der Waals surface area contributed by atoms with Crippen LogP contribution in [-0.4, -0.2) is 27.0 Å². The third-order valence-electron chi connectivity index (χ3n) is 2.69. The average molecular weight is 279 g/mol. The Morgan fingerprint density at radius 1 is 1.37 bits per heavy atom. The molecule has 0 aliphatic rings. The second kappa shape index (κ2) is 6.89. The number of aromatic nitrogens is 3. The van der Waals surface area contributed by atoms with Crippen LogP contribution in [0.15, 0.2) is 37.1 Å². The lowest BCUT2D eigenvalue weighted by Gasteiger charge is -2.06. The van der Waals surface area contributed by atoms with Crippen LogP contribution in [0.5, 0.6) is 0 Å². The van der Waals surface area contributed by atoms with Crippen molar-refractivity contribution >= 4 is 17.5 Å². The van der Waals surface area contributed by atoms with Crippen molar-refractivity contribution in [1.82, 2.24) is 19.9 Å². The van der Waals surface area contributed by atoms with E-state index in [0.29, 0.717) is 12.1 Å². The van der Waals surface area contributed by atoms with Crippen LogP contribution < -0.4 is 5.32 Å². The van der Waals surface area contributed by atoms with Crippen LogP contribution in [0.1, 0.15) is 23.2 Å². The zero-order chi connectivity index (χ0) is 13.5. The number of halogens is 1. The minimum absolute atomic E-state index is 0.180. The second-order valence-electron chi connectivity index (χ2n) is 4.11. The van der Waals surface area contributed by atoms with E-state index >= 15 is 0 Å². The Morgan fingerprint density at radius 2 is 2.26 bits per heavy atom. The van der Waals surface area contributed by atoms with Gasteiger partial charge in [0, 0.05) is 31.7 Å². The zero-order valence-corrected chi connectivity index (χ0v) is 11.2. The van der Waals surface area contributed by atoms with Crippen LogP contribution in [0.3, 0.4) is 0 Å². The molecule has 1 amide bonds. The van der Waals surface area contributed by atoms with Crippen molar-refractivity contribution in [2.24, 2.45) is 0 Å². The molecule has 2 heterocycles. The molecule has 0 spiro atoms. The Labute approximate surface area is 116 Å². The van der Waals surface area contributed by atoms with E-state index in [-0.39, 0.29) is 11.1 Å². The molecular weight excluding hydrogens is 264 g/mol. The van der Waals surface area contributed by atoms with Crippen molar-refractivity contribution in [3.05, 3.63) is 47.8 Å². The maximum absolute atomic E-state index is 11.8. The number of hydrogen-bond donors (Lipinski definition) is 1. The molecular formula is C13H15ClN4O. The number of pyridine rings is 1. The van der Waals surface area contributed by atoms with Gasteiger partial charge in [-0.05, 0) is 25.0 Å². The van der Waals surface area contributed by atoms with Gasteiger partial charge in [-0.3, -0.25) is 4.79 Å². The fourth-order valence-electron chi connectivity index (χ4n) is 1.69. The number of rotatable bonds is 6. The monoisotopic (exact) mass is 278 g/mol. The third-order valence-corrected chi connectivity index (χ3v) is 2.99. The molecule has 100 valence electrons.